The van der Waals surface area contributed by atoms with Crippen molar-refractivity contribution in [3.05, 3.63) is 35.6 Å². The maximum Gasteiger partial charge on any atom is 0.329 e. The van der Waals surface area contributed by atoms with Gasteiger partial charge in [0.2, 0.25) is 5.91 Å². The Morgan fingerprint density at radius 2 is 2.00 bits per heavy atom. The number of hydrogen-bond acceptors (Lipinski definition) is 2. The Kier molecular flexibility index (Phi) is 4.42. The SMILES string of the molecule is CCC(C)(NC(=O)Cc1ccccc1F)C(=O)O. The summed E-state index contributed by atoms with van der Waals surface area (Å²) in [6, 6.07) is 5.92. The third-order valence-corrected chi connectivity index (χ3v) is 2.90. The van der Waals surface area contributed by atoms with Crippen molar-refractivity contribution in [2.75, 3.05) is 0 Å². The predicted molar refractivity (Wildman–Crippen MR) is 64.6 cm³/mol. The summed E-state index contributed by atoms with van der Waals surface area (Å²) in [5.41, 5.74) is -1.07. The molecule has 18 heavy (non-hydrogen) atoms. The molecule has 0 fully saturated rings. The van der Waals surface area contributed by atoms with Gasteiger partial charge in [-0.2, -0.15) is 0 Å². The van der Waals surface area contributed by atoms with Gasteiger partial charge in [-0.1, -0.05) is 25.1 Å². The molecular formula is C13H16FNO3. The first-order valence-corrected chi connectivity index (χ1v) is 5.67. The van der Waals surface area contributed by atoms with Crippen molar-refractivity contribution in [1.82, 2.24) is 5.32 Å². The molecule has 1 rings (SSSR count). The summed E-state index contributed by atoms with van der Waals surface area (Å²) in [6.07, 6.45) is 0.0842. The molecule has 1 aromatic rings. The van der Waals surface area contributed by atoms with Crippen LogP contribution < -0.4 is 5.32 Å². The first kappa shape index (κ1) is 14.2. The second kappa shape index (κ2) is 5.62. The number of carboxylic acid groups (broad SMARTS) is 1. The average molecular weight is 253 g/mol. The molecule has 1 amide bonds. The Morgan fingerprint density at radius 3 is 2.50 bits per heavy atom. The van der Waals surface area contributed by atoms with Gasteiger partial charge in [-0.15, -0.1) is 0 Å². The number of rotatable bonds is 5. The number of carboxylic acids is 1. The Hall–Kier alpha value is -1.91. The highest BCUT2D eigenvalue weighted by Gasteiger charge is 2.32. The highest BCUT2D eigenvalue weighted by atomic mass is 19.1. The van der Waals surface area contributed by atoms with E-state index in [9.17, 15) is 14.0 Å². The zero-order valence-electron chi connectivity index (χ0n) is 10.4. The first-order valence-electron chi connectivity index (χ1n) is 5.67. The Balaban J connectivity index is 2.73. The van der Waals surface area contributed by atoms with Crippen LogP contribution in [-0.4, -0.2) is 22.5 Å². The molecule has 1 atom stereocenters. The van der Waals surface area contributed by atoms with E-state index >= 15 is 0 Å². The summed E-state index contributed by atoms with van der Waals surface area (Å²) in [7, 11) is 0. The summed E-state index contributed by atoms with van der Waals surface area (Å²) < 4.78 is 13.3. The van der Waals surface area contributed by atoms with Crippen molar-refractivity contribution in [2.24, 2.45) is 0 Å². The van der Waals surface area contributed by atoms with Crippen LogP contribution in [0.15, 0.2) is 24.3 Å². The van der Waals surface area contributed by atoms with E-state index in [1.54, 1.807) is 13.0 Å². The third-order valence-electron chi connectivity index (χ3n) is 2.90. The minimum atomic E-state index is -1.32. The first-order chi connectivity index (χ1) is 8.39. The van der Waals surface area contributed by atoms with Crippen LogP contribution >= 0.6 is 0 Å². The van der Waals surface area contributed by atoms with Crippen LogP contribution in [0.1, 0.15) is 25.8 Å². The van der Waals surface area contributed by atoms with Gasteiger partial charge < -0.3 is 10.4 Å². The molecule has 4 nitrogen and oxygen atoms in total. The highest BCUT2D eigenvalue weighted by Crippen LogP contribution is 2.11. The number of carbonyl (C=O) groups is 2. The van der Waals surface area contributed by atoms with Gasteiger partial charge in [-0.3, -0.25) is 4.79 Å². The molecule has 5 heteroatoms. The Morgan fingerprint density at radius 1 is 1.39 bits per heavy atom. The van der Waals surface area contributed by atoms with E-state index in [1.807, 2.05) is 0 Å². The lowest BCUT2D eigenvalue weighted by atomic mass is 9.98. The normalized spacial score (nSPS) is 13.7. The van der Waals surface area contributed by atoms with Crippen LogP contribution in [0.2, 0.25) is 0 Å². The number of hydrogen-bond donors (Lipinski definition) is 2. The zero-order valence-corrected chi connectivity index (χ0v) is 10.4. The van der Waals surface area contributed by atoms with E-state index in [0.29, 0.717) is 0 Å². The molecule has 0 radical (unpaired) electrons. The minimum Gasteiger partial charge on any atom is -0.480 e. The molecule has 0 spiro atoms. The maximum atomic E-state index is 13.3. The number of aliphatic carboxylic acids is 1. The lowest BCUT2D eigenvalue weighted by Gasteiger charge is -2.24. The zero-order chi connectivity index (χ0) is 13.8. The number of amides is 1. The molecule has 0 aromatic heterocycles. The molecule has 0 saturated heterocycles. The molecule has 0 saturated carbocycles. The summed E-state index contributed by atoms with van der Waals surface area (Å²) >= 11 is 0. The van der Waals surface area contributed by atoms with Gasteiger partial charge in [0, 0.05) is 0 Å². The summed E-state index contributed by atoms with van der Waals surface area (Å²) in [5, 5.41) is 11.4. The van der Waals surface area contributed by atoms with Crippen molar-refractivity contribution >= 4 is 11.9 Å². The third kappa shape index (κ3) is 3.29. The quantitative estimate of drug-likeness (QED) is 0.840. The topological polar surface area (TPSA) is 66.4 Å². The van der Waals surface area contributed by atoms with Crippen molar-refractivity contribution in [2.45, 2.75) is 32.2 Å². The van der Waals surface area contributed by atoms with Gasteiger partial charge in [0.1, 0.15) is 11.4 Å². The second-order valence-electron chi connectivity index (χ2n) is 4.31. The van der Waals surface area contributed by atoms with Crippen molar-refractivity contribution in [1.29, 1.82) is 0 Å². The van der Waals surface area contributed by atoms with E-state index in [1.165, 1.54) is 25.1 Å². The van der Waals surface area contributed by atoms with Crippen molar-refractivity contribution < 1.29 is 19.1 Å². The lowest BCUT2D eigenvalue weighted by molar-refractivity contribution is -0.146. The molecule has 0 aliphatic carbocycles. The summed E-state index contributed by atoms with van der Waals surface area (Å²) in [6.45, 7) is 3.09. The molecule has 0 aliphatic rings. The monoisotopic (exact) mass is 253 g/mol. The molecular weight excluding hydrogens is 237 g/mol. The molecule has 2 N–H and O–H groups in total. The number of benzene rings is 1. The largest absolute Gasteiger partial charge is 0.480 e. The van der Waals surface area contributed by atoms with Gasteiger partial charge >= 0.3 is 5.97 Å². The Labute approximate surface area is 105 Å². The average Bonchev–Trinajstić information content (AvgIpc) is 2.31. The number of carbonyl (C=O) groups excluding carboxylic acids is 1. The summed E-state index contributed by atoms with van der Waals surface area (Å²) in [4.78, 5) is 22.7. The van der Waals surface area contributed by atoms with E-state index < -0.39 is 23.2 Å². The fourth-order valence-electron chi connectivity index (χ4n) is 1.46. The fourth-order valence-corrected chi connectivity index (χ4v) is 1.46. The van der Waals surface area contributed by atoms with Gasteiger partial charge in [0.15, 0.2) is 0 Å². The lowest BCUT2D eigenvalue weighted by Crippen LogP contribution is -2.52. The summed E-state index contributed by atoms with van der Waals surface area (Å²) in [5.74, 6) is -2.08. The van der Waals surface area contributed by atoms with Crippen LogP contribution in [0.5, 0.6) is 0 Å². The smallest absolute Gasteiger partial charge is 0.329 e. The van der Waals surface area contributed by atoms with Crippen LogP contribution in [0, 0.1) is 5.82 Å². The molecule has 98 valence electrons. The van der Waals surface area contributed by atoms with Crippen LogP contribution in [-0.2, 0) is 16.0 Å². The van der Waals surface area contributed by atoms with Crippen LogP contribution in [0.4, 0.5) is 4.39 Å². The highest BCUT2D eigenvalue weighted by molar-refractivity contribution is 5.87. The molecule has 1 unspecified atom stereocenters. The molecule has 0 aliphatic heterocycles. The predicted octanol–water partition coefficient (Wildman–Crippen LogP) is 1.74. The van der Waals surface area contributed by atoms with Crippen molar-refractivity contribution in [3.63, 3.8) is 0 Å². The standard InChI is InChI=1S/C13H16FNO3/c1-3-13(2,12(17)18)15-11(16)8-9-6-4-5-7-10(9)14/h4-7H,3,8H2,1-2H3,(H,15,16)(H,17,18). The Bertz CT molecular complexity index is 461. The van der Waals surface area contributed by atoms with E-state index in [0.717, 1.165) is 0 Å². The number of nitrogens with one attached hydrogen (secondary N) is 1. The molecule has 1 aromatic carbocycles. The second-order valence-corrected chi connectivity index (χ2v) is 4.31. The fraction of sp³-hybridized carbons (Fsp3) is 0.385. The van der Waals surface area contributed by atoms with Gasteiger partial charge in [-0.25, -0.2) is 9.18 Å². The van der Waals surface area contributed by atoms with E-state index in [2.05, 4.69) is 5.32 Å². The maximum absolute atomic E-state index is 13.3. The molecule has 0 heterocycles. The number of halogens is 1. The van der Waals surface area contributed by atoms with E-state index in [-0.39, 0.29) is 18.4 Å². The van der Waals surface area contributed by atoms with Crippen molar-refractivity contribution in [3.8, 4) is 0 Å². The van der Waals surface area contributed by atoms with Crippen LogP contribution in [0.3, 0.4) is 0 Å². The van der Waals surface area contributed by atoms with Gasteiger partial charge in [-0.05, 0) is 25.0 Å². The van der Waals surface area contributed by atoms with Gasteiger partial charge in [0.25, 0.3) is 0 Å². The van der Waals surface area contributed by atoms with Gasteiger partial charge in [0.05, 0.1) is 6.42 Å². The van der Waals surface area contributed by atoms with Crippen LogP contribution in [0.25, 0.3) is 0 Å². The molecule has 0 bridgehead atoms. The minimum absolute atomic E-state index is 0.171. The van der Waals surface area contributed by atoms with E-state index in [4.69, 9.17) is 5.11 Å².